The minimum Gasteiger partial charge on any atom is -0.493 e. The number of ether oxygens (including phenoxy) is 3. The van der Waals surface area contributed by atoms with E-state index >= 15 is 0 Å². The van der Waals surface area contributed by atoms with E-state index in [1.807, 2.05) is 24.8 Å². The van der Waals surface area contributed by atoms with Gasteiger partial charge < -0.3 is 19.1 Å². The second kappa shape index (κ2) is 9.78. The maximum Gasteiger partial charge on any atom is 0.236 e. The summed E-state index contributed by atoms with van der Waals surface area (Å²) in [6, 6.07) is 4.11. The van der Waals surface area contributed by atoms with Crippen LogP contribution in [0.1, 0.15) is 25.0 Å². The van der Waals surface area contributed by atoms with Crippen molar-refractivity contribution in [3.05, 3.63) is 23.3 Å². The summed E-state index contributed by atoms with van der Waals surface area (Å²) >= 11 is 0. The summed E-state index contributed by atoms with van der Waals surface area (Å²) in [6.45, 7) is 12.7. The summed E-state index contributed by atoms with van der Waals surface area (Å²) < 4.78 is 16.6. The van der Waals surface area contributed by atoms with E-state index in [0.717, 1.165) is 44.2 Å². The predicted octanol–water partition coefficient (Wildman–Crippen LogP) is 1.77. The van der Waals surface area contributed by atoms with E-state index in [0.29, 0.717) is 19.6 Å². The molecule has 0 bridgehead atoms. The Bertz CT molecular complexity index is 694. The van der Waals surface area contributed by atoms with Crippen molar-refractivity contribution >= 4 is 5.91 Å². The van der Waals surface area contributed by atoms with Gasteiger partial charge in [0, 0.05) is 45.8 Å². The van der Waals surface area contributed by atoms with E-state index in [9.17, 15) is 4.79 Å². The molecular formula is C22H35N3O4. The quantitative estimate of drug-likeness (QED) is 0.719. The van der Waals surface area contributed by atoms with Crippen molar-refractivity contribution < 1.29 is 19.0 Å². The van der Waals surface area contributed by atoms with Gasteiger partial charge in [0.25, 0.3) is 0 Å². The summed E-state index contributed by atoms with van der Waals surface area (Å²) in [7, 11) is 3.33. The smallest absolute Gasteiger partial charge is 0.236 e. The fraction of sp³-hybridized carbons (Fsp3) is 0.682. The number of carbonyl (C=O) groups is 1. The Kier molecular flexibility index (Phi) is 7.38. The SMILES string of the molecule is COc1cc(C)c(CN2CCN(CC(=O)N3C[C@@H](C)O[C@H](C)C3)CC2)cc1OC. The van der Waals surface area contributed by atoms with E-state index in [1.54, 1.807) is 14.2 Å². The van der Waals surface area contributed by atoms with Gasteiger partial charge in [-0.05, 0) is 44.0 Å². The largest absolute Gasteiger partial charge is 0.493 e. The third-order valence-corrected chi connectivity index (χ3v) is 5.83. The van der Waals surface area contributed by atoms with Gasteiger partial charge in [-0.3, -0.25) is 14.6 Å². The molecule has 162 valence electrons. The summed E-state index contributed by atoms with van der Waals surface area (Å²) in [4.78, 5) is 19.4. The number of rotatable bonds is 6. The van der Waals surface area contributed by atoms with Crippen LogP contribution >= 0.6 is 0 Å². The molecule has 2 aliphatic heterocycles. The standard InChI is InChI=1S/C22H35N3O4/c1-16-10-20(27-4)21(28-5)11-19(16)14-23-6-8-24(9-7-23)15-22(26)25-12-17(2)29-18(3)13-25/h10-11,17-18H,6-9,12-15H2,1-5H3/t17-,18-/m1/s1. The number of methoxy groups -OCH3 is 2. The predicted molar refractivity (Wildman–Crippen MR) is 113 cm³/mol. The third-order valence-electron chi connectivity index (χ3n) is 5.83. The lowest BCUT2D eigenvalue weighted by atomic mass is 10.1. The number of benzene rings is 1. The molecule has 0 saturated carbocycles. The van der Waals surface area contributed by atoms with Gasteiger partial charge >= 0.3 is 0 Å². The molecule has 0 radical (unpaired) electrons. The number of nitrogens with zero attached hydrogens (tertiary/aromatic N) is 3. The normalized spacial score (nSPS) is 23.8. The summed E-state index contributed by atoms with van der Waals surface area (Å²) in [5, 5.41) is 0. The van der Waals surface area contributed by atoms with Crippen molar-refractivity contribution in [2.45, 2.75) is 39.5 Å². The summed E-state index contributed by atoms with van der Waals surface area (Å²) in [6.07, 6.45) is 0.230. The van der Waals surface area contributed by atoms with E-state index in [1.165, 1.54) is 11.1 Å². The van der Waals surface area contributed by atoms with Crippen LogP contribution < -0.4 is 9.47 Å². The Labute approximate surface area is 174 Å². The molecule has 3 rings (SSSR count). The van der Waals surface area contributed by atoms with Crippen LogP contribution in [0.3, 0.4) is 0 Å². The Morgan fingerprint density at radius 2 is 1.55 bits per heavy atom. The monoisotopic (exact) mass is 405 g/mol. The van der Waals surface area contributed by atoms with Gasteiger partial charge in [0.05, 0.1) is 33.0 Å². The van der Waals surface area contributed by atoms with Crippen molar-refractivity contribution in [3.63, 3.8) is 0 Å². The average molecular weight is 406 g/mol. The van der Waals surface area contributed by atoms with E-state index in [2.05, 4.69) is 22.8 Å². The maximum atomic E-state index is 12.7. The number of aryl methyl sites for hydroxylation is 1. The highest BCUT2D eigenvalue weighted by atomic mass is 16.5. The molecule has 2 fully saturated rings. The number of hydrogen-bond donors (Lipinski definition) is 0. The Morgan fingerprint density at radius 1 is 1.00 bits per heavy atom. The summed E-state index contributed by atoms with van der Waals surface area (Å²) in [5.74, 6) is 1.76. The number of amides is 1. The van der Waals surface area contributed by atoms with Crippen LogP contribution in [-0.2, 0) is 16.1 Å². The Hall–Kier alpha value is -1.83. The highest BCUT2D eigenvalue weighted by Gasteiger charge is 2.28. The second-order valence-electron chi connectivity index (χ2n) is 8.24. The van der Waals surface area contributed by atoms with Gasteiger partial charge in [0.2, 0.25) is 5.91 Å². The summed E-state index contributed by atoms with van der Waals surface area (Å²) in [5.41, 5.74) is 2.46. The lowest BCUT2D eigenvalue weighted by Gasteiger charge is -2.38. The van der Waals surface area contributed by atoms with E-state index in [-0.39, 0.29) is 18.1 Å². The van der Waals surface area contributed by atoms with Crippen LogP contribution in [0, 0.1) is 6.92 Å². The lowest BCUT2D eigenvalue weighted by Crippen LogP contribution is -2.53. The van der Waals surface area contributed by atoms with Crippen molar-refractivity contribution in [2.75, 3.05) is 60.0 Å². The highest BCUT2D eigenvalue weighted by Crippen LogP contribution is 2.31. The highest BCUT2D eigenvalue weighted by molar-refractivity contribution is 5.78. The fourth-order valence-electron chi connectivity index (χ4n) is 4.21. The van der Waals surface area contributed by atoms with Gasteiger partial charge in [-0.2, -0.15) is 0 Å². The first-order valence-corrected chi connectivity index (χ1v) is 10.5. The topological polar surface area (TPSA) is 54.5 Å². The molecule has 1 aromatic rings. The minimum atomic E-state index is 0.115. The zero-order chi connectivity index (χ0) is 21.0. The number of carbonyl (C=O) groups excluding carboxylic acids is 1. The molecule has 0 spiro atoms. The zero-order valence-corrected chi connectivity index (χ0v) is 18.4. The molecule has 0 N–H and O–H groups in total. The molecule has 2 atom stereocenters. The van der Waals surface area contributed by atoms with Crippen molar-refractivity contribution in [2.24, 2.45) is 0 Å². The molecule has 2 aliphatic rings. The van der Waals surface area contributed by atoms with Crippen molar-refractivity contribution in [1.29, 1.82) is 0 Å². The molecule has 1 amide bonds. The number of morpholine rings is 1. The van der Waals surface area contributed by atoms with Gasteiger partial charge in [-0.15, -0.1) is 0 Å². The molecule has 0 aromatic heterocycles. The van der Waals surface area contributed by atoms with Gasteiger partial charge in [0.1, 0.15) is 0 Å². The van der Waals surface area contributed by atoms with Gasteiger partial charge in [0.15, 0.2) is 11.5 Å². The van der Waals surface area contributed by atoms with Crippen molar-refractivity contribution in [1.82, 2.24) is 14.7 Å². The minimum absolute atomic E-state index is 0.115. The first kappa shape index (κ1) is 21.9. The zero-order valence-electron chi connectivity index (χ0n) is 18.4. The Morgan fingerprint density at radius 3 is 2.14 bits per heavy atom. The number of hydrogen-bond acceptors (Lipinski definition) is 6. The Balaban J connectivity index is 1.50. The van der Waals surface area contributed by atoms with Crippen molar-refractivity contribution in [3.8, 4) is 11.5 Å². The van der Waals surface area contributed by atoms with Gasteiger partial charge in [-0.1, -0.05) is 0 Å². The maximum absolute atomic E-state index is 12.7. The van der Waals surface area contributed by atoms with Crippen LogP contribution in [0.5, 0.6) is 11.5 Å². The molecule has 7 nitrogen and oxygen atoms in total. The van der Waals surface area contributed by atoms with Crippen LogP contribution in [-0.4, -0.2) is 92.8 Å². The molecule has 2 saturated heterocycles. The van der Waals surface area contributed by atoms with Crippen LogP contribution in [0.4, 0.5) is 0 Å². The molecule has 29 heavy (non-hydrogen) atoms. The van der Waals surface area contributed by atoms with Gasteiger partial charge in [-0.25, -0.2) is 0 Å². The van der Waals surface area contributed by atoms with E-state index in [4.69, 9.17) is 14.2 Å². The number of piperazine rings is 1. The molecular weight excluding hydrogens is 370 g/mol. The molecule has 0 aliphatic carbocycles. The molecule has 2 heterocycles. The first-order chi connectivity index (χ1) is 13.9. The third kappa shape index (κ3) is 5.62. The van der Waals surface area contributed by atoms with Crippen LogP contribution in [0.15, 0.2) is 12.1 Å². The van der Waals surface area contributed by atoms with E-state index < -0.39 is 0 Å². The molecule has 0 unspecified atom stereocenters. The van der Waals surface area contributed by atoms with Crippen LogP contribution in [0.2, 0.25) is 0 Å². The second-order valence-corrected chi connectivity index (χ2v) is 8.24. The molecule has 7 heteroatoms. The molecule has 1 aromatic carbocycles. The first-order valence-electron chi connectivity index (χ1n) is 10.5. The lowest BCUT2D eigenvalue weighted by molar-refractivity contribution is -0.144. The average Bonchev–Trinajstić information content (AvgIpc) is 2.69. The fourth-order valence-corrected chi connectivity index (χ4v) is 4.21. The van der Waals surface area contributed by atoms with Crippen LogP contribution in [0.25, 0.3) is 0 Å².